The summed E-state index contributed by atoms with van der Waals surface area (Å²) >= 11 is 0. The van der Waals surface area contributed by atoms with Crippen LogP contribution in [0.1, 0.15) is 19.3 Å². The Morgan fingerprint density at radius 1 is 1.56 bits per heavy atom. The first-order valence-electron chi connectivity index (χ1n) is 5.91. The lowest BCUT2D eigenvalue weighted by Gasteiger charge is -2.20. The smallest absolute Gasteiger partial charge is 0.327 e. The van der Waals surface area contributed by atoms with Gasteiger partial charge in [-0.15, -0.1) is 12.3 Å². The highest BCUT2D eigenvalue weighted by atomic mass is 16.4. The monoisotopic (exact) mass is 254 g/mol. The lowest BCUT2D eigenvalue weighted by atomic mass is 10.1. The highest BCUT2D eigenvalue weighted by molar-refractivity contribution is 5.82. The zero-order valence-electron chi connectivity index (χ0n) is 10.1. The number of nitrogens with zero attached hydrogens (tertiary/aromatic N) is 1. The van der Waals surface area contributed by atoms with Crippen molar-refractivity contribution in [1.82, 2.24) is 10.2 Å². The van der Waals surface area contributed by atoms with Gasteiger partial charge in [0.25, 0.3) is 0 Å². The normalized spacial score (nSPS) is 20.2. The van der Waals surface area contributed by atoms with Crippen molar-refractivity contribution < 1.29 is 19.8 Å². The van der Waals surface area contributed by atoms with Crippen molar-refractivity contribution in [2.45, 2.75) is 25.3 Å². The molecule has 0 aromatic heterocycles. The maximum absolute atomic E-state index is 11.8. The molecule has 2 unspecified atom stereocenters. The van der Waals surface area contributed by atoms with Crippen LogP contribution in [0.15, 0.2) is 0 Å². The zero-order valence-corrected chi connectivity index (χ0v) is 10.1. The molecule has 3 N–H and O–H groups in total. The van der Waals surface area contributed by atoms with Gasteiger partial charge in [0.1, 0.15) is 6.04 Å². The second-order valence-corrected chi connectivity index (χ2v) is 4.36. The minimum Gasteiger partial charge on any atom is -0.480 e. The Balaban J connectivity index is 2.46. The molecule has 18 heavy (non-hydrogen) atoms. The van der Waals surface area contributed by atoms with Crippen LogP contribution < -0.4 is 5.32 Å². The van der Waals surface area contributed by atoms with E-state index in [2.05, 4.69) is 11.2 Å². The van der Waals surface area contributed by atoms with Crippen LogP contribution in [0.25, 0.3) is 0 Å². The van der Waals surface area contributed by atoms with Crippen LogP contribution in [-0.2, 0) is 4.79 Å². The van der Waals surface area contributed by atoms with Crippen molar-refractivity contribution in [3.05, 3.63) is 0 Å². The molecule has 1 saturated heterocycles. The van der Waals surface area contributed by atoms with Gasteiger partial charge >= 0.3 is 12.0 Å². The Morgan fingerprint density at radius 3 is 2.83 bits per heavy atom. The first kappa shape index (κ1) is 14.3. The lowest BCUT2D eigenvalue weighted by molar-refractivity contribution is -0.139. The van der Waals surface area contributed by atoms with E-state index < -0.39 is 18.0 Å². The third-order valence-electron chi connectivity index (χ3n) is 3.03. The fourth-order valence-electron chi connectivity index (χ4n) is 1.99. The molecule has 1 heterocycles. The predicted octanol–water partition coefficient (Wildman–Crippen LogP) is -0.123. The number of urea groups is 1. The first-order valence-corrected chi connectivity index (χ1v) is 5.91. The summed E-state index contributed by atoms with van der Waals surface area (Å²) in [6.45, 7) is 1.24. The van der Waals surface area contributed by atoms with Crippen LogP contribution in [0.2, 0.25) is 0 Å². The molecule has 0 aliphatic carbocycles. The molecule has 2 amide bonds. The standard InChI is InChI=1S/C12H18N2O4/c1-2-3-10(11(16)17)13-12(18)14-6-4-9(8-14)5-7-15/h1,9-10,15H,3-8H2,(H,13,18)(H,16,17). The van der Waals surface area contributed by atoms with E-state index in [9.17, 15) is 9.59 Å². The highest BCUT2D eigenvalue weighted by Crippen LogP contribution is 2.19. The van der Waals surface area contributed by atoms with Crippen molar-refractivity contribution in [1.29, 1.82) is 0 Å². The number of aliphatic carboxylic acids is 1. The van der Waals surface area contributed by atoms with Gasteiger partial charge in [0.2, 0.25) is 0 Å². The van der Waals surface area contributed by atoms with Crippen LogP contribution in [0.5, 0.6) is 0 Å². The second kappa shape index (κ2) is 6.87. The number of hydrogen-bond donors (Lipinski definition) is 3. The summed E-state index contributed by atoms with van der Waals surface area (Å²) in [7, 11) is 0. The molecule has 0 aromatic rings. The first-order chi connectivity index (χ1) is 8.58. The Kier molecular flexibility index (Phi) is 5.46. The van der Waals surface area contributed by atoms with E-state index in [0.717, 1.165) is 6.42 Å². The van der Waals surface area contributed by atoms with Gasteiger partial charge in [-0.3, -0.25) is 0 Å². The number of carboxylic acids is 1. The summed E-state index contributed by atoms with van der Waals surface area (Å²) in [5, 5.41) is 20.1. The van der Waals surface area contributed by atoms with Crippen LogP contribution >= 0.6 is 0 Å². The zero-order chi connectivity index (χ0) is 13.5. The van der Waals surface area contributed by atoms with E-state index in [1.54, 1.807) is 4.90 Å². The second-order valence-electron chi connectivity index (χ2n) is 4.36. The molecule has 1 fully saturated rings. The van der Waals surface area contributed by atoms with E-state index in [4.69, 9.17) is 16.6 Å². The number of amides is 2. The topological polar surface area (TPSA) is 89.9 Å². The summed E-state index contributed by atoms with van der Waals surface area (Å²) in [4.78, 5) is 24.2. The molecule has 0 saturated carbocycles. The minimum absolute atomic E-state index is 0.0328. The van der Waals surface area contributed by atoms with E-state index in [0.29, 0.717) is 19.5 Å². The molecule has 100 valence electrons. The van der Waals surface area contributed by atoms with Crippen molar-refractivity contribution in [3.63, 3.8) is 0 Å². The number of carbonyl (C=O) groups is 2. The Hall–Kier alpha value is -1.74. The van der Waals surface area contributed by atoms with Gasteiger partial charge in [-0.2, -0.15) is 0 Å². The van der Waals surface area contributed by atoms with E-state index in [1.165, 1.54) is 0 Å². The van der Waals surface area contributed by atoms with Crippen molar-refractivity contribution in [3.8, 4) is 12.3 Å². The maximum Gasteiger partial charge on any atom is 0.327 e. The SMILES string of the molecule is C#CCC(NC(=O)N1CCC(CCO)C1)C(=O)O. The average molecular weight is 254 g/mol. The van der Waals surface area contributed by atoms with Crippen molar-refractivity contribution >= 4 is 12.0 Å². The predicted molar refractivity (Wildman–Crippen MR) is 64.8 cm³/mol. The summed E-state index contributed by atoms with van der Waals surface area (Å²) in [6.07, 6.45) is 6.52. The lowest BCUT2D eigenvalue weighted by Crippen LogP contribution is -2.47. The Bertz CT molecular complexity index is 350. The third kappa shape index (κ3) is 3.93. The third-order valence-corrected chi connectivity index (χ3v) is 3.03. The van der Waals surface area contributed by atoms with Gasteiger partial charge in [-0.25, -0.2) is 9.59 Å². The highest BCUT2D eigenvalue weighted by Gasteiger charge is 2.28. The number of hydrogen-bond acceptors (Lipinski definition) is 3. The van der Waals surface area contributed by atoms with E-state index >= 15 is 0 Å². The fraction of sp³-hybridized carbons (Fsp3) is 0.667. The summed E-state index contributed by atoms with van der Waals surface area (Å²) in [5.41, 5.74) is 0. The molecule has 6 heteroatoms. The summed E-state index contributed by atoms with van der Waals surface area (Å²) in [6, 6.07) is -1.45. The molecular formula is C12H18N2O4. The molecule has 0 spiro atoms. The average Bonchev–Trinajstić information content (AvgIpc) is 2.77. The molecule has 6 nitrogen and oxygen atoms in total. The van der Waals surface area contributed by atoms with E-state index in [1.807, 2.05) is 0 Å². The number of terminal acetylenes is 1. The molecule has 0 aromatic carbocycles. The quantitative estimate of drug-likeness (QED) is 0.596. The van der Waals surface area contributed by atoms with Crippen LogP contribution in [0, 0.1) is 18.3 Å². The van der Waals surface area contributed by atoms with Crippen LogP contribution in [0.4, 0.5) is 4.79 Å². The van der Waals surface area contributed by atoms with Crippen LogP contribution in [-0.4, -0.2) is 52.9 Å². The fourth-order valence-corrected chi connectivity index (χ4v) is 1.99. The van der Waals surface area contributed by atoms with Crippen molar-refractivity contribution in [2.75, 3.05) is 19.7 Å². The van der Waals surface area contributed by atoms with Gasteiger partial charge < -0.3 is 20.4 Å². The van der Waals surface area contributed by atoms with Gasteiger partial charge in [-0.1, -0.05) is 0 Å². The molecule has 2 atom stereocenters. The number of rotatable bonds is 5. The number of carboxylic acid groups (broad SMARTS) is 1. The molecule has 1 rings (SSSR count). The van der Waals surface area contributed by atoms with Crippen molar-refractivity contribution in [2.24, 2.45) is 5.92 Å². The van der Waals surface area contributed by atoms with Crippen LogP contribution in [0.3, 0.4) is 0 Å². The Morgan fingerprint density at radius 2 is 2.28 bits per heavy atom. The van der Waals surface area contributed by atoms with E-state index in [-0.39, 0.29) is 18.9 Å². The number of nitrogens with one attached hydrogen (secondary N) is 1. The molecule has 0 radical (unpaired) electrons. The number of aliphatic hydroxyl groups excluding tert-OH is 1. The summed E-state index contributed by atoms with van der Waals surface area (Å²) in [5.74, 6) is 1.38. The maximum atomic E-state index is 11.8. The Labute approximate surface area is 106 Å². The van der Waals surface area contributed by atoms with Gasteiger partial charge in [-0.05, 0) is 18.8 Å². The molecule has 0 bridgehead atoms. The number of likely N-dealkylation sites (tertiary alicyclic amines) is 1. The number of carbonyl (C=O) groups excluding carboxylic acids is 1. The molecule has 1 aliphatic heterocycles. The molecular weight excluding hydrogens is 236 g/mol. The molecule has 1 aliphatic rings. The number of aliphatic hydroxyl groups is 1. The van der Waals surface area contributed by atoms with Gasteiger partial charge in [0, 0.05) is 26.1 Å². The van der Waals surface area contributed by atoms with Gasteiger partial charge in [0.05, 0.1) is 0 Å². The van der Waals surface area contributed by atoms with Gasteiger partial charge in [0.15, 0.2) is 0 Å². The minimum atomic E-state index is -1.13. The summed E-state index contributed by atoms with van der Waals surface area (Å²) < 4.78 is 0. The largest absolute Gasteiger partial charge is 0.480 e.